The zero-order valence-corrected chi connectivity index (χ0v) is 19.9. The summed E-state index contributed by atoms with van der Waals surface area (Å²) >= 11 is 0. The van der Waals surface area contributed by atoms with E-state index in [0.717, 1.165) is 77.4 Å². The Kier molecular flexibility index (Phi) is 7.16. The standard InChI is InChI=1S/C27H38N4O2/c1-29-14-15-31(20-24(32)19-30-13-10-21-4-2-3-5-22(21)17-30)18-23-6-7-26(16-27(23)29)33-25-8-11-28-12-9-25/h2-7,16,24-25,28,32H,8-15,17-20H2,1H3/t24-/m1/s1. The van der Waals surface area contributed by atoms with Crippen molar-refractivity contribution in [3.8, 4) is 5.75 Å². The zero-order valence-electron chi connectivity index (χ0n) is 19.9. The summed E-state index contributed by atoms with van der Waals surface area (Å²) < 4.78 is 6.29. The molecular weight excluding hydrogens is 412 g/mol. The molecular formula is C27H38N4O2. The minimum Gasteiger partial charge on any atom is -0.490 e. The molecule has 1 fully saturated rings. The Bertz CT molecular complexity index is 930. The Morgan fingerprint density at radius 3 is 2.48 bits per heavy atom. The largest absolute Gasteiger partial charge is 0.490 e. The van der Waals surface area contributed by atoms with Crippen molar-refractivity contribution in [1.82, 2.24) is 15.1 Å². The monoisotopic (exact) mass is 450 g/mol. The maximum atomic E-state index is 10.9. The van der Waals surface area contributed by atoms with Crippen LogP contribution in [0.5, 0.6) is 5.75 Å². The van der Waals surface area contributed by atoms with Gasteiger partial charge in [-0.25, -0.2) is 0 Å². The van der Waals surface area contributed by atoms with Gasteiger partial charge in [0.2, 0.25) is 0 Å². The van der Waals surface area contributed by atoms with E-state index < -0.39 is 0 Å². The summed E-state index contributed by atoms with van der Waals surface area (Å²) in [4.78, 5) is 7.13. The van der Waals surface area contributed by atoms with Crippen molar-refractivity contribution in [2.75, 3.05) is 57.8 Å². The number of nitrogens with zero attached hydrogens (tertiary/aromatic N) is 3. The van der Waals surface area contributed by atoms with Crippen molar-refractivity contribution in [2.24, 2.45) is 0 Å². The summed E-state index contributed by atoms with van der Waals surface area (Å²) in [5.74, 6) is 0.978. The van der Waals surface area contributed by atoms with Crippen LogP contribution in [0, 0.1) is 0 Å². The second-order valence-corrected chi connectivity index (χ2v) is 9.92. The molecule has 0 radical (unpaired) electrons. The fourth-order valence-corrected chi connectivity index (χ4v) is 5.46. The van der Waals surface area contributed by atoms with Crippen LogP contribution < -0.4 is 15.0 Å². The summed E-state index contributed by atoms with van der Waals surface area (Å²) in [5.41, 5.74) is 5.43. The number of fused-ring (bicyclic) bond motifs is 2. The lowest BCUT2D eigenvalue weighted by atomic mass is 10.00. The van der Waals surface area contributed by atoms with E-state index in [1.807, 2.05) is 0 Å². The number of aliphatic hydroxyl groups excluding tert-OH is 1. The number of nitrogens with one attached hydrogen (secondary N) is 1. The third kappa shape index (κ3) is 5.69. The van der Waals surface area contributed by atoms with E-state index in [-0.39, 0.29) is 6.10 Å². The molecule has 6 nitrogen and oxygen atoms in total. The Hall–Kier alpha value is -2.12. The average Bonchev–Trinajstić information content (AvgIpc) is 2.98. The number of β-amino-alcohol motifs (C(OH)–C–C–N with tert-alkyl or cyclic N) is 1. The molecule has 1 atom stereocenters. The van der Waals surface area contributed by atoms with Crippen LogP contribution in [-0.4, -0.2) is 80.0 Å². The number of piperidine rings is 1. The van der Waals surface area contributed by atoms with E-state index in [9.17, 15) is 5.11 Å². The first-order valence-corrected chi connectivity index (χ1v) is 12.5. The maximum absolute atomic E-state index is 10.9. The first kappa shape index (κ1) is 22.7. The molecule has 3 heterocycles. The molecule has 6 heteroatoms. The van der Waals surface area contributed by atoms with Gasteiger partial charge in [0.25, 0.3) is 0 Å². The minimum absolute atomic E-state index is 0.314. The summed E-state index contributed by atoms with van der Waals surface area (Å²) in [6.07, 6.45) is 3.19. The molecule has 0 bridgehead atoms. The van der Waals surface area contributed by atoms with Crippen LogP contribution in [0.15, 0.2) is 42.5 Å². The number of ether oxygens (including phenoxy) is 1. The number of anilines is 1. The molecule has 3 aliphatic rings. The van der Waals surface area contributed by atoms with Gasteiger partial charge in [0.05, 0.1) is 6.10 Å². The van der Waals surface area contributed by atoms with Crippen LogP contribution >= 0.6 is 0 Å². The summed E-state index contributed by atoms with van der Waals surface area (Å²) in [6.45, 7) is 8.26. The van der Waals surface area contributed by atoms with Gasteiger partial charge < -0.3 is 20.1 Å². The number of hydrogen-bond acceptors (Lipinski definition) is 6. The SMILES string of the molecule is CN1CCN(C[C@H](O)CN2CCc3ccccc3C2)Cc2ccc(OC3CCNCC3)cc21. The highest BCUT2D eigenvalue weighted by Gasteiger charge is 2.23. The third-order valence-corrected chi connectivity index (χ3v) is 7.35. The van der Waals surface area contributed by atoms with E-state index in [1.54, 1.807) is 0 Å². The third-order valence-electron chi connectivity index (χ3n) is 7.35. The molecule has 178 valence electrons. The predicted octanol–water partition coefficient (Wildman–Crippen LogP) is 2.49. The Morgan fingerprint density at radius 2 is 1.67 bits per heavy atom. The second-order valence-electron chi connectivity index (χ2n) is 9.92. The lowest BCUT2D eigenvalue weighted by Gasteiger charge is -2.32. The first-order chi connectivity index (χ1) is 16.1. The van der Waals surface area contributed by atoms with Gasteiger partial charge in [0, 0.05) is 64.6 Å². The van der Waals surface area contributed by atoms with Crippen LogP contribution in [0.3, 0.4) is 0 Å². The van der Waals surface area contributed by atoms with Gasteiger partial charge in [-0.2, -0.15) is 0 Å². The normalized spacial score (nSPS) is 21.2. The first-order valence-electron chi connectivity index (χ1n) is 12.5. The van der Waals surface area contributed by atoms with Crippen molar-refractivity contribution in [3.05, 3.63) is 59.2 Å². The molecule has 0 saturated carbocycles. The molecule has 2 aromatic rings. The molecule has 5 rings (SSSR count). The average molecular weight is 451 g/mol. The summed E-state index contributed by atoms with van der Waals surface area (Å²) in [7, 11) is 2.16. The summed E-state index contributed by atoms with van der Waals surface area (Å²) in [6, 6.07) is 15.2. The topological polar surface area (TPSA) is 51.2 Å². The molecule has 0 unspecified atom stereocenters. The van der Waals surface area contributed by atoms with Crippen molar-refractivity contribution in [2.45, 2.75) is 44.6 Å². The van der Waals surface area contributed by atoms with Gasteiger partial charge in [0.1, 0.15) is 11.9 Å². The van der Waals surface area contributed by atoms with Gasteiger partial charge in [-0.3, -0.25) is 9.80 Å². The number of aliphatic hydroxyl groups is 1. The van der Waals surface area contributed by atoms with Crippen molar-refractivity contribution < 1.29 is 9.84 Å². The predicted molar refractivity (Wildman–Crippen MR) is 133 cm³/mol. The number of likely N-dealkylation sites (N-methyl/N-ethyl adjacent to an activating group) is 1. The Labute approximate surface area is 198 Å². The molecule has 0 spiro atoms. The van der Waals surface area contributed by atoms with E-state index in [1.165, 1.54) is 22.4 Å². The molecule has 1 saturated heterocycles. The molecule has 2 N–H and O–H groups in total. The number of hydrogen-bond donors (Lipinski definition) is 2. The van der Waals surface area contributed by atoms with Gasteiger partial charge in [-0.05, 0) is 55.1 Å². The van der Waals surface area contributed by atoms with E-state index in [4.69, 9.17) is 4.74 Å². The smallest absolute Gasteiger partial charge is 0.121 e. The van der Waals surface area contributed by atoms with Crippen molar-refractivity contribution in [3.63, 3.8) is 0 Å². The quantitative estimate of drug-likeness (QED) is 0.705. The molecule has 3 aliphatic heterocycles. The van der Waals surface area contributed by atoms with E-state index >= 15 is 0 Å². The lowest BCUT2D eigenvalue weighted by molar-refractivity contribution is 0.0682. The molecule has 0 aromatic heterocycles. The maximum Gasteiger partial charge on any atom is 0.121 e. The molecule has 0 aliphatic carbocycles. The molecule has 0 amide bonds. The number of rotatable bonds is 6. The highest BCUT2D eigenvalue weighted by Crippen LogP contribution is 2.30. The minimum atomic E-state index is -0.343. The van der Waals surface area contributed by atoms with Crippen LogP contribution in [0.4, 0.5) is 5.69 Å². The van der Waals surface area contributed by atoms with Gasteiger partial charge >= 0.3 is 0 Å². The van der Waals surface area contributed by atoms with E-state index in [0.29, 0.717) is 12.6 Å². The van der Waals surface area contributed by atoms with Crippen molar-refractivity contribution in [1.29, 1.82) is 0 Å². The van der Waals surface area contributed by atoms with Crippen LogP contribution in [0.1, 0.15) is 29.5 Å². The van der Waals surface area contributed by atoms with Crippen LogP contribution in [0.2, 0.25) is 0 Å². The Morgan fingerprint density at radius 1 is 0.939 bits per heavy atom. The van der Waals surface area contributed by atoms with Crippen LogP contribution in [0.25, 0.3) is 0 Å². The fourth-order valence-electron chi connectivity index (χ4n) is 5.46. The van der Waals surface area contributed by atoms with E-state index in [2.05, 4.69) is 69.5 Å². The Balaban J connectivity index is 1.18. The highest BCUT2D eigenvalue weighted by molar-refractivity contribution is 5.57. The zero-order chi connectivity index (χ0) is 22.6. The second kappa shape index (κ2) is 10.4. The van der Waals surface area contributed by atoms with Gasteiger partial charge in [-0.15, -0.1) is 0 Å². The van der Waals surface area contributed by atoms with Gasteiger partial charge in [-0.1, -0.05) is 30.3 Å². The van der Waals surface area contributed by atoms with Crippen LogP contribution in [-0.2, 0) is 19.5 Å². The molecule has 33 heavy (non-hydrogen) atoms. The van der Waals surface area contributed by atoms with Crippen molar-refractivity contribution >= 4 is 5.69 Å². The number of benzene rings is 2. The molecule has 2 aromatic carbocycles. The highest BCUT2D eigenvalue weighted by atomic mass is 16.5. The van der Waals surface area contributed by atoms with Gasteiger partial charge in [0.15, 0.2) is 0 Å². The fraction of sp³-hybridized carbons (Fsp3) is 0.556. The summed E-state index contributed by atoms with van der Waals surface area (Å²) in [5, 5.41) is 14.3. The lowest BCUT2D eigenvalue weighted by Crippen LogP contribution is -2.42.